The molecule has 0 heterocycles. The van der Waals surface area contributed by atoms with Crippen molar-refractivity contribution in [2.45, 2.75) is 71.6 Å². The van der Waals surface area contributed by atoms with Crippen LogP contribution in [0.2, 0.25) is 0 Å². The maximum absolute atomic E-state index is 12.8. The molecule has 0 spiro atoms. The van der Waals surface area contributed by atoms with Gasteiger partial charge in [0.1, 0.15) is 11.5 Å². The number of carbonyl (C=O) groups excluding carboxylic acids is 2. The van der Waals surface area contributed by atoms with Crippen LogP contribution < -0.4 is 4.74 Å². The zero-order valence-corrected chi connectivity index (χ0v) is 20.4. The number of ether oxygens (including phenoxy) is 1. The first-order valence-electron chi connectivity index (χ1n) is 12.9. The minimum absolute atomic E-state index is 0.122. The van der Waals surface area contributed by atoms with Crippen molar-refractivity contribution in [3.05, 3.63) is 53.6 Å². The van der Waals surface area contributed by atoms with E-state index in [4.69, 9.17) is 4.74 Å². The SMILES string of the molecule is COc1ccc(CCC[C@]23CC[C@@H]4[C@@H](C=CC5=CC(=O)CC[C@]54C)[C@@H]2CC[C@@H]3C(C)=O)cc1. The molecular formula is C30H38O3. The molecule has 0 radical (unpaired) electrons. The van der Waals surface area contributed by atoms with E-state index in [2.05, 4.69) is 31.2 Å². The summed E-state index contributed by atoms with van der Waals surface area (Å²) in [6, 6.07) is 8.43. The summed E-state index contributed by atoms with van der Waals surface area (Å²) in [7, 11) is 1.71. The number of Topliss-reactive ketones (excluding diaryl/α,β-unsaturated/α-hetero) is 1. The molecule has 3 nitrogen and oxygen atoms in total. The molecule has 1 aromatic rings. The monoisotopic (exact) mass is 446 g/mol. The maximum Gasteiger partial charge on any atom is 0.156 e. The lowest BCUT2D eigenvalue weighted by atomic mass is 9.47. The average molecular weight is 447 g/mol. The molecule has 0 amide bonds. The molecule has 3 heteroatoms. The van der Waals surface area contributed by atoms with E-state index in [0.717, 1.165) is 44.3 Å². The van der Waals surface area contributed by atoms with Gasteiger partial charge in [-0.3, -0.25) is 9.59 Å². The van der Waals surface area contributed by atoms with Crippen LogP contribution >= 0.6 is 0 Å². The smallest absolute Gasteiger partial charge is 0.156 e. The van der Waals surface area contributed by atoms with Crippen LogP contribution in [0.3, 0.4) is 0 Å². The van der Waals surface area contributed by atoms with Crippen molar-refractivity contribution in [2.24, 2.45) is 34.5 Å². The van der Waals surface area contributed by atoms with Crippen LogP contribution in [0.4, 0.5) is 0 Å². The summed E-state index contributed by atoms with van der Waals surface area (Å²) >= 11 is 0. The highest BCUT2D eigenvalue weighted by molar-refractivity contribution is 5.92. The number of ketones is 2. The highest BCUT2D eigenvalue weighted by Gasteiger charge is 2.60. The third kappa shape index (κ3) is 3.72. The van der Waals surface area contributed by atoms with Gasteiger partial charge in [0.15, 0.2) is 5.78 Å². The number of aryl methyl sites for hydroxylation is 1. The lowest BCUT2D eigenvalue weighted by Crippen LogP contribution is -2.50. The first kappa shape index (κ1) is 22.6. The molecule has 5 rings (SSSR count). The lowest BCUT2D eigenvalue weighted by molar-refractivity contribution is -0.128. The van der Waals surface area contributed by atoms with Gasteiger partial charge in [-0.05, 0) is 116 Å². The standard InChI is InChI=1S/C30H38O3/c1-20(31)26-12-13-28-25-11-8-22-19-23(32)14-17-29(22,2)27(25)15-18-30(26,28)16-4-5-21-6-9-24(33-3)10-7-21/h6-11,19,25-28H,4-5,12-18H2,1-3H3/t25-,26-,27-,28+,29-,30-/m1/s1. The predicted molar refractivity (Wildman–Crippen MR) is 131 cm³/mol. The molecule has 0 bridgehead atoms. The van der Waals surface area contributed by atoms with Crippen LogP contribution in [-0.2, 0) is 16.0 Å². The van der Waals surface area contributed by atoms with Gasteiger partial charge in [0, 0.05) is 12.3 Å². The van der Waals surface area contributed by atoms with Gasteiger partial charge in [-0.15, -0.1) is 0 Å². The number of hydrogen-bond acceptors (Lipinski definition) is 3. The Balaban J connectivity index is 1.39. The van der Waals surface area contributed by atoms with E-state index in [9.17, 15) is 9.59 Å². The predicted octanol–water partition coefficient (Wildman–Crippen LogP) is 6.51. The highest BCUT2D eigenvalue weighted by Crippen LogP contribution is 2.66. The molecule has 2 saturated carbocycles. The van der Waals surface area contributed by atoms with Gasteiger partial charge < -0.3 is 4.74 Å². The fraction of sp³-hybridized carbons (Fsp3) is 0.600. The summed E-state index contributed by atoms with van der Waals surface area (Å²) in [5, 5.41) is 0. The van der Waals surface area contributed by atoms with E-state index in [1.54, 1.807) is 7.11 Å². The van der Waals surface area contributed by atoms with Crippen LogP contribution in [0.5, 0.6) is 5.75 Å². The number of methoxy groups -OCH3 is 1. The van der Waals surface area contributed by atoms with E-state index < -0.39 is 0 Å². The Morgan fingerprint density at radius 2 is 1.88 bits per heavy atom. The molecular weight excluding hydrogens is 408 g/mol. The van der Waals surface area contributed by atoms with Crippen molar-refractivity contribution in [3.63, 3.8) is 0 Å². The second-order valence-electron chi connectivity index (χ2n) is 11.3. The van der Waals surface area contributed by atoms with Crippen molar-refractivity contribution in [3.8, 4) is 5.75 Å². The molecule has 4 aliphatic rings. The fourth-order valence-corrected chi connectivity index (χ4v) is 8.32. The third-order valence-electron chi connectivity index (χ3n) is 9.99. The summed E-state index contributed by atoms with van der Waals surface area (Å²) < 4.78 is 5.30. The van der Waals surface area contributed by atoms with Crippen molar-refractivity contribution in [2.75, 3.05) is 7.11 Å². The van der Waals surface area contributed by atoms with Crippen LogP contribution in [0.1, 0.15) is 70.8 Å². The second kappa shape index (κ2) is 8.56. The van der Waals surface area contributed by atoms with Gasteiger partial charge in [0.25, 0.3) is 0 Å². The van der Waals surface area contributed by atoms with Crippen molar-refractivity contribution in [1.82, 2.24) is 0 Å². The van der Waals surface area contributed by atoms with E-state index in [1.807, 2.05) is 25.1 Å². The number of benzene rings is 1. The van der Waals surface area contributed by atoms with Crippen LogP contribution in [0.25, 0.3) is 0 Å². The van der Waals surface area contributed by atoms with Crippen LogP contribution in [0.15, 0.2) is 48.1 Å². The van der Waals surface area contributed by atoms with Gasteiger partial charge in [0.05, 0.1) is 7.11 Å². The number of allylic oxidation sites excluding steroid dienone is 4. The van der Waals surface area contributed by atoms with Crippen molar-refractivity contribution in [1.29, 1.82) is 0 Å². The summed E-state index contributed by atoms with van der Waals surface area (Å²) in [6.45, 7) is 4.23. The average Bonchev–Trinajstić information content (AvgIpc) is 3.20. The van der Waals surface area contributed by atoms with Crippen LogP contribution in [-0.4, -0.2) is 18.7 Å². The Hall–Kier alpha value is -2.16. The zero-order chi connectivity index (χ0) is 23.2. The Bertz CT molecular complexity index is 986. The minimum Gasteiger partial charge on any atom is -0.497 e. The molecule has 176 valence electrons. The van der Waals surface area contributed by atoms with E-state index in [-0.39, 0.29) is 22.5 Å². The Morgan fingerprint density at radius 1 is 1.09 bits per heavy atom. The normalized spacial score (nSPS) is 37.1. The molecule has 2 fully saturated rings. The number of hydrogen-bond donors (Lipinski definition) is 0. The third-order valence-corrected chi connectivity index (χ3v) is 9.99. The van der Waals surface area contributed by atoms with Gasteiger partial charge >= 0.3 is 0 Å². The van der Waals surface area contributed by atoms with Gasteiger partial charge in [-0.1, -0.05) is 31.2 Å². The molecule has 6 atom stereocenters. The summed E-state index contributed by atoms with van der Waals surface area (Å²) in [5.74, 6) is 3.53. The maximum atomic E-state index is 12.8. The molecule has 0 saturated heterocycles. The number of fused-ring (bicyclic) bond motifs is 5. The van der Waals surface area contributed by atoms with Crippen molar-refractivity contribution >= 4 is 11.6 Å². The number of rotatable bonds is 6. The molecule has 33 heavy (non-hydrogen) atoms. The molecule has 0 aromatic heterocycles. The van der Waals surface area contributed by atoms with Gasteiger partial charge in [0.2, 0.25) is 0 Å². The first-order valence-corrected chi connectivity index (χ1v) is 12.9. The molecule has 0 aliphatic heterocycles. The van der Waals surface area contributed by atoms with Gasteiger partial charge in [-0.2, -0.15) is 0 Å². The summed E-state index contributed by atoms with van der Waals surface area (Å²) in [4.78, 5) is 24.9. The Kier molecular flexibility index (Phi) is 5.87. The van der Waals surface area contributed by atoms with Crippen LogP contribution in [0, 0.1) is 34.5 Å². The Labute approximate surface area is 198 Å². The number of carbonyl (C=O) groups is 2. The van der Waals surface area contributed by atoms with Gasteiger partial charge in [-0.25, -0.2) is 0 Å². The molecule has 1 aromatic carbocycles. The highest BCUT2D eigenvalue weighted by atomic mass is 16.5. The van der Waals surface area contributed by atoms with E-state index in [0.29, 0.717) is 30.0 Å². The summed E-state index contributed by atoms with van der Waals surface area (Å²) in [5.41, 5.74) is 2.87. The minimum atomic E-state index is 0.122. The topological polar surface area (TPSA) is 43.4 Å². The first-order chi connectivity index (χ1) is 15.9. The summed E-state index contributed by atoms with van der Waals surface area (Å²) in [6.07, 6.45) is 16.2. The molecule has 0 N–H and O–H groups in total. The van der Waals surface area contributed by atoms with Crippen molar-refractivity contribution < 1.29 is 14.3 Å². The lowest BCUT2D eigenvalue weighted by Gasteiger charge is -2.57. The largest absolute Gasteiger partial charge is 0.497 e. The Morgan fingerprint density at radius 3 is 2.61 bits per heavy atom. The second-order valence-corrected chi connectivity index (χ2v) is 11.3. The fourth-order valence-electron chi connectivity index (χ4n) is 8.32. The quantitative estimate of drug-likeness (QED) is 0.500. The van der Waals surface area contributed by atoms with E-state index in [1.165, 1.54) is 24.0 Å². The molecule has 0 unspecified atom stereocenters. The zero-order valence-electron chi connectivity index (χ0n) is 20.4. The van der Waals surface area contributed by atoms with E-state index >= 15 is 0 Å². The molecule has 4 aliphatic carbocycles.